The number of halogens is 3. The average molecular weight is 334 g/mol. The van der Waals surface area contributed by atoms with Gasteiger partial charge in [0.1, 0.15) is 5.75 Å². The summed E-state index contributed by atoms with van der Waals surface area (Å²) >= 11 is 0. The van der Waals surface area contributed by atoms with Crippen LogP contribution in [0.2, 0.25) is 0 Å². The van der Waals surface area contributed by atoms with Gasteiger partial charge >= 0.3 is 12.4 Å². The van der Waals surface area contributed by atoms with E-state index in [1.165, 1.54) is 18.2 Å². The molecule has 0 radical (unpaired) electrons. The number of benzene rings is 1. The molecule has 0 saturated carbocycles. The van der Waals surface area contributed by atoms with Gasteiger partial charge in [0.05, 0.1) is 0 Å². The summed E-state index contributed by atoms with van der Waals surface area (Å²) in [6, 6.07) is 4.88. The maximum Gasteiger partial charge on any atom is 0.573 e. The van der Waals surface area contributed by atoms with Crippen LogP contribution in [0.1, 0.15) is 24.8 Å². The Kier molecular flexibility index (Phi) is 6.05. The van der Waals surface area contributed by atoms with Crippen LogP contribution in [0.15, 0.2) is 24.3 Å². The van der Waals surface area contributed by atoms with Crippen LogP contribution >= 0.6 is 0 Å². The molecule has 1 atom stereocenters. The Balaban J connectivity index is 1.79. The van der Waals surface area contributed by atoms with Gasteiger partial charge in [0, 0.05) is 25.1 Å². The molecule has 6 nitrogen and oxygen atoms in total. The smallest absolute Gasteiger partial charge is 0.405 e. The molecule has 9 heteroatoms. The second-order valence-electron chi connectivity index (χ2n) is 4.85. The molecule has 1 aliphatic rings. The van der Waals surface area contributed by atoms with Crippen LogP contribution in [0.4, 0.5) is 18.0 Å². The molecule has 0 spiro atoms. The summed E-state index contributed by atoms with van der Waals surface area (Å²) in [5, 5.41) is 2.39. The highest BCUT2D eigenvalue weighted by Gasteiger charge is 2.32. The number of alkyl halides is 3. The second-order valence-corrected chi connectivity index (χ2v) is 4.85. The standard InChI is InChI=1S/C14H17F3N2O4/c15-14(16,17)22-11-6-2-1-5-10(11)9-18-13(20)19-23-12-7-3-4-8-21-12/h1-2,5-6,12H,3-4,7-9H2,(H2,18,19,20)/t12-/m1/s1. The third kappa shape index (κ3) is 6.33. The number of ether oxygens (including phenoxy) is 2. The van der Waals surface area contributed by atoms with Crippen molar-refractivity contribution in [3.8, 4) is 5.75 Å². The van der Waals surface area contributed by atoms with Gasteiger partial charge in [-0.25, -0.2) is 15.1 Å². The second kappa shape index (κ2) is 8.02. The third-order valence-electron chi connectivity index (χ3n) is 3.06. The quantitative estimate of drug-likeness (QED) is 0.813. The van der Waals surface area contributed by atoms with Crippen molar-refractivity contribution in [2.75, 3.05) is 6.61 Å². The van der Waals surface area contributed by atoms with Crippen molar-refractivity contribution in [2.24, 2.45) is 0 Å². The number of carbonyl (C=O) groups is 1. The van der Waals surface area contributed by atoms with E-state index in [-0.39, 0.29) is 17.9 Å². The van der Waals surface area contributed by atoms with Gasteiger partial charge in [-0.2, -0.15) is 0 Å². The highest BCUT2D eigenvalue weighted by atomic mass is 19.4. The summed E-state index contributed by atoms with van der Waals surface area (Å²) in [6.07, 6.45) is -2.74. The lowest BCUT2D eigenvalue weighted by Gasteiger charge is -2.22. The number of hydrogen-bond acceptors (Lipinski definition) is 4. The first kappa shape index (κ1) is 17.4. The van der Waals surface area contributed by atoms with Gasteiger partial charge in [0.25, 0.3) is 0 Å². The molecule has 2 rings (SSSR count). The number of rotatable bonds is 5. The molecule has 0 aliphatic carbocycles. The summed E-state index contributed by atoms with van der Waals surface area (Å²) in [6.45, 7) is 0.420. The lowest BCUT2D eigenvalue weighted by Crippen LogP contribution is -2.39. The summed E-state index contributed by atoms with van der Waals surface area (Å²) in [5.41, 5.74) is 2.34. The molecule has 1 fully saturated rings. The van der Waals surface area contributed by atoms with Gasteiger partial charge in [0.2, 0.25) is 0 Å². The van der Waals surface area contributed by atoms with Crippen LogP contribution in [-0.2, 0) is 16.1 Å². The average Bonchev–Trinajstić information content (AvgIpc) is 2.51. The molecule has 0 unspecified atom stereocenters. The van der Waals surface area contributed by atoms with E-state index in [1.54, 1.807) is 6.07 Å². The first-order chi connectivity index (χ1) is 10.9. The van der Waals surface area contributed by atoms with Gasteiger partial charge in [-0.15, -0.1) is 13.2 Å². The minimum Gasteiger partial charge on any atom is -0.405 e. The van der Waals surface area contributed by atoms with Crippen LogP contribution in [0, 0.1) is 0 Å². The molecule has 1 aliphatic heterocycles. The molecule has 2 N–H and O–H groups in total. The molecular formula is C14H17F3N2O4. The number of carbonyl (C=O) groups excluding carboxylic acids is 1. The Labute approximate surface area is 130 Å². The Hall–Kier alpha value is -2.00. The fourth-order valence-corrected chi connectivity index (χ4v) is 2.01. The van der Waals surface area contributed by atoms with E-state index in [0.29, 0.717) is 13.0 Å². The summed E-state index contributed by atoms with van der Waals surface area (Å²) in [7, 11) is 0. The van der Waals surface area contributed by atoms with Crippen LogP contribution in [-0.4, -0.2) is 25.3 Å². The van der Waals surface area contributed by atoms with Crippen molar-refractivity contribution in [1.82, 2.24) is 10.8 Å². The summed E-state index contributed by atoms with van der Waals surface area (Å²) < 4.78 is 46.0. The monoisotopic (exact) mass is 334 g/mol. The Morgan fingerprint density at radius 1 is 1.30 bits per heavy atom. The van der Waals surface area contributed by atoms with Crippen molar-refractivity contribution < 1.29 is 32.3 Å². The molecule has 1 aromatic rings. The number of para-hydroxylation sites is 1. The highest BCUT2D eigenvalue weighted by molar-refractivity contribution is 5.72. The van der Waals surface area contributed by atoms with E-state index in [4.69, 9.17) is 9.57 Å². The minimum atomic E-state index is -4.79. The van der Waals surface area contributed by atoms with E-state index in [9.17, 15) is 18.0 Å². The lowest BCUT2D eigenvalue weighted by molar-refractivity contribution is -0.274. The zero-order valence-corrected chi connectivity index (χ0v) is 12.2. The van der Waals surface area contributed by atoms with Crippen LogP contribution in [0.25, 0.3) is 0 Å². The maximum atomic E-state index is 12.3. The molecular weight excluding hydrogens is 317 g/mol. The first-order valence-corrected chi connectivity index (χ1v) is 7.09. The maximum absolute atomic E-state index is 12.3. The topological polar surface area (TPSA) is 68.8 Å². The van der Waals surface area contributed by atoms with Gasteiger partial charge < -0.3 is 14.8 Å². The van der Waals surface area contributed by atoms with Crippen molar-refractivity contribution in [1.29, 1.82) is 0 Å². The van der Waals surface area contributed by atoms with Crippen LogP contribution < -0.4 is 15.5 Å². The number of hydrogen-bond donors (Lipinski definition) is 2. The SMILES string of the molecule is O=C(NCc1ccccc1OC(F)(F)F)NO[C@@H]1CCCCO1. The van der Waals surface area contributed by atoms with Gasteiger partial charge in [-0.3, -0.25) is 0 Å². The number of nitrogens with one attached hydrogen (secondary N) is 2. The van der Waals surface area contributed by atoms with Crippen LogP contribution in [0.3, 0.4) is 0 Å². The molecule has 2 amide bonds. The molecule has 1 saturated heterocycles. The van der Waals surface area contributed by atoms with Crippen molar-refractivity contribution >= 4 is 6.03 Å². The number of urea groups is 1. The van der Waals surface area contributed by atoms with E-state index >= 15 is 0 Å². The van der Waals surface area contributed by atoms with E-state index in [0.717, 1.165) is 12.8 Å². The van der Waals surface area contributed by atoms with E-state index < -0.39 is 18.7 Å². The van der Waals surface area contributed by atoms with Gasteiger partial charge in [0.15, 0.2) is 6.29 Å². The lowest BCUT2D eigenvalue weighted by atomic mass is 10.2. The summed E-state index contributed by atoms with van der Waals surface area (Å²) in [4.78, 5) is 16.6. The van der Waals surface area contributed by atoms with E-state index in [2.05, 4.69) is 15.5 Å². The zero-order chi connectivity index (χ0) is 16.7. The van der Waals surface area contributed by atoms with Crippen molar-refractivity contribution in [2.45, 2.75) is 38.5 Å². The minimum absolute atomic E-state index is 0.146. The predicted octanol–water partition coefficient (Wildman–Crippen LogP) is 2.84. The van der Waals surface area contributed by atoms with Crippen molar-refractivity contribution in [3.05, 3.63) is 29.8 Å². The molecule has 23 heavy (non-hydrogen) atoms. The first-order valence-electron chi connectivity index (χ1n) is 7.09. The molecule has 1 heterocycles. The Bertz CT molecular complexity index is 519. The van der Waals surface area contributed by atoms with Gasteiger partial charge in [-0.1, -0.05) is 18.2 Å². The third-order valence-corrected chi connectivity index (χ3v) is 3.06. The van der Waals surface area contributed by atoms with E-state index in [1.807, 2.05) is 0 Å². The normalized spacial score (nSPS) is 18.3. The largest absolute Gasteiger partial charge is 0.573 e. The van der Waals surface area contributed by atoms with Crippen molar-refractivity contribution in [3.63, 3.8) is 0 Å². The summed E-state index contributed by atoms with van der Waals surface area (Å²) in [5.74, 6) is -0.364. The number of amides is 2. The van der Waals surface area contributed by atoms with Crippen LogP contribution in [0.5, 0.6) is 5.75 Å². The fraction of sp³-hybridized carbons (Fsp3) is 0.500. The zero-order valence-electron chi connectivity index (χ0n) is 12.2. The number of hydroxylamine groups is 1. The predicted molar refractivity (Wildman–Crippen MR) is 73.2 cm³/mol. The molecule has 1 aromatic carbocycles. The molecule has 128 valence electrons. The van der Waals surface area contributed by atoms with Gasteiger partial charge in [-0.05, 0) is 18.9 Å². The highest BCUT2D eigenvalue weighted by Crippen LogP contribution is 2.26. The molecule has 0 bridgehead atoms. The Morgan fingerprint density at radius 3 is 2.78 bits per heavy atom. The fourth-order valence-electron chi connectivity index (χ4n) is 2.01. The molecule has 0 aromatic heterocycles. The Morgan fingerprint density at radius 2 is 2.09 bits per heavy atom.